The van der Waals surface area contributed by atoms with E-state index < -0.39 is 5.41 Å². The van der Waals surface area contributed by atoms with Gasteiger partial charge in [-0.3, -0.25) is 4.79 Å². The van der Waals surface area contributed by atoms with Crippen molar-refractivity contribution in [2.45, 2.75) is 33.1 Å². The molecule has 1 nitrogen and oxygen atoms in total. The molecule has 2 aromatic rings. The maximum Gasteiger partial charge on any atom is 0.173 e. The highest BCUT2D eigenvalue weighted by Gasteiger charge is 2.38. The van der Waals surface area contributed by atoms with Gasteiger partial charge in [-0.25, -0.2) is 0 Å². The standard InChI is InChI=1S/C18H18O/c1-11-5-7-13-14(9-11)15-10-12(2)6-8-16(15)18(3,4)17(13)19/h5-10H,1-4H3. The summed E-state index contributed by atoms with van der Waals surface area (Å²) in [6, 6.07) is 12.5. The second-order valence-electron chi connectivity index (χ2n) is 6.05. The highest BCUT2D eigenvalue weighted by atomic mass is 16.1. The monoisotopic (exact) mass is 250 g/mol. The fourth-order valence-corrected chi connectivity index (χ4v) is 2.96. The van der Waals surface area contributed by atoms with Gasteiger partial charge in [0.25, 0.3) is 0 Å². The molecular weight excluding hydrogens is 232 g/mol. The lowest BCUT2D eigenvalue weighted by Crippen LogP contribution is -2.33. The van der Waals surface area contributed by atoms with Crippen LogP contribution in [-0.2, 0) is 5.41 Å². The molecule has 0 radical (unpaired) electrons. The van der Waals surface area contributed by atoms with Gasteiger partial charge in [0.05, 0.1) is 5.41 Å². The van der Waals surface area contributed by atoms with Gasteiger partial charge in [-0.05, 0) is 44.4 Å². The molecule has 0 fully saturated rings. The number of rotatable bonds is 0. The summed E-state index contributed by atoms with van der Waals surface area (Å²) >= 11 is 0. The van der Waals surface area contributed by atoms with Gasteiger partial charge in [0, 0.05) is 5.56 Å². The molecule has 0 amide bonds. The summed E-state index contributed by atoms with van der Waals surface area (Å²) in [6.07, 6.45) is 0. The minimum atomic E-state index is -0.439. The average molecular weight is 250 g/mol. The summed E-state index contributed by atoms with van der Waals surface area (Å²) in [5.41, 5.74) is 6.28. The molecule has 1 heteroatoms. The minimum Gasteiger partial charge on any atom is -0.293 e. The zero-order valence-corrected chi connectivity index (χ0v) is 11.9. The van der Waals surface area contributed by atoms with Crippen LogP contribution in [0.25, 0.3) is 11.1 Å². The number of hydrogen-bond acceptors (Lipinski definition) is 1. The van der Waals surface area contributed by atoms with Crippen LogP contribution in [0.5, 0.6) is 0 Å². The third kappa shape index (κ3) is 1.65. The Bertz CT molecular complexity index is 693. The van der Waals surface area contributed by atoms with E-state index in [2.05, 4.69) is 38.1 Å². The van der Waals surface area contributed by atoms with Crippen molar-refractivity contribution in [1.29, 1.82) is 0 Å². The molecule has 0 aliphatic heterocycles. The second-order valence-corrected chi connectivity index (χ2v) is 6.05. The van der Waals surface area contributed by atoms with E-state index >= 15 is 0 Å². The highest BCUT2D eigenvalue weighted by molar-refractivity contribution is 6.12. The number of carbonyl (C=O) groups excluding carboxylic acids is 1. The predicted octanol–water partition coefficient (Wildman–Crippen LogP) is 4.44. The molecular formula is C18H18O. The first-order valence-corrected chi connectivity index (χ1v) is 6.68. The smallest absolute Gasteiger partial charge is 0.173 e. The normalized spacial score (nSPS) is 15.9. The van der Waals surface area contributed by atoms with E-state index in [1.807, 2.05) is 26.0 Å². The molecule has 1 aliphatic carbocycles. The van der Waals surface area contributed by atoms with Gasteiger partial charge in [-0.1, -0.05) is 47.5 Å². The molecule has 0 saturated carbocycles. The van der Waals surface area contributed by atoms with Crippen LogP contribution in [0.4, 0.5) is 0 Å². The van der Waals surface area contributed by atoms with Gasteiger partial charge in [0.2, 0.25) is 0 Å². The van der Waals surface area contributed by atoms with E-state index in [1.54, 1.807) is 0 Å². The Morgan fingerprint density at radius 2 is 1.37 bits per heavy atom. The number of carbonyl (C=O) groups is 1. The molecule has 1 aliphatic rings. The highest BCUT2D eigenvalue weighted by Crippen LogP contribution is 2.43. The molecule has 0 aromatic heterocycles. The Balaban J connectivity index is 2.42. The SMILES string of the molecule is Cc1ccc2c(c1)-c1cc(C)ccc1C(C)(C)C2=O. The number of hydrogen-bond donors (Lipinski definition) is 0. The van der Waals surface area contributed by atoms with Crippen molar-refractivity contribution in [1.82, 2.24) is 0 Å². The Labute approximate surface area is 114 Å². The first kappa shape index (κ1) is 12.2. The zero-order chi connectivity index (χ0) is 13.8. The number of ketones is 1. The molecule has 0 spiro atoms. The van der Waals surface area contributed by atoms with E-state index in [-0.39, 0.29) is 5.78 Å². The summed E-state index contributed by atoms with van der Waals surface area (Å²) in [5.74, 6) is 0.221. The van der Waals surface area contributed by atoms with Crippen LogP contribution in [0.1, 0.15) is 40.9 Å². The van der Waals surface area contributed by atoms with Crippen LogP contribution in [0, 0.1) is 13.8 Å². The van der Waals surface area contributed by atoms with Crippen molar-refractivity contribution >= 4 is 5.78 Å². The van der Waals surface area contributed by atoms with Crippen molar-refractivity contribution in [2.75, 3.05) is 0 Å². The topological polar surface area (TPSA) is 17.1 Å². The first-order chi connectivity index (χ1) is 8.91. The Morgan fingerprint density at radius 3 is 2.05 bits per heavy atom. The maximum absolute atomic E-state index is 12.7. The van der Waals surface area contributed by atoms with E-state index in [0.717, 1.165) is 16.7 Å². The van der Waals surface area contributed by atoms with E-state index in [1.165, 1.54) is 16.7 Å². The maximum atomic E-state index is 12.7. The van der Waals surface area contributed by atoms with Crippen LogP contribution in [0.2, 0.25) is 0 Å². The van der Waals surface area contributed by atoms with Gasteiger partial charge in [0.1, 0.15) is 0 Å². The lowest BCUT2D eigenvalue weighted by atomic mass is 9.69. The third-order valence-electron chi connectivity index (χ3n) is 4.13. The quantitative estimate of drug-likeness (QED) is 0.675. The molecule has 19 heavy (non-hydrogen) atoms. The summed E-state index contributed by atoms with van der Waals surface area (Å²) < 4.78 is 0. The lowest BCUT2D eigenvalue weighted by Gasteiger charge is -2.33. The van der Waals surface area contributed by atoms with Gasteiger partial charge >= 0.3 is 0 Å². The minimum absolute atomic E-state index is 0.221. The summed E-state index contributed by atoms with van der Waals surface area (Å²) in [6.45, 7) is 8.21. The van der Waals surface area contributed by atoms with Crippen molar-refractivity contribution < 1.29 is 4.79 Å². The van der Waals surface area contributed by atoms with Crippen molar-refractivity contribution in [3.05, 3.63) is 58.7 Å². The summed E-state index contributed by atoms with van der Waals surface area (Å²) in [4.78, 5) is 12.7. The molecule has 0 atom stereocenters. The number of benzene rings is 2. The summed E-state index contributed by atoms with van der Waals surface area (Å²) in [5, 5.41) is 0. The number of Topliss-reactive ketones (excluding diaryl/α,β-unsaturated/α-hetero) is 1. The van der Waals surface area contributed by atoms with Crippen LogP contribution in [0.15, 0.2) is 36.4 Å². The Hall–Kier alpha value is -1.89. The van der Waals surface area contributed by atoms with Crippen molar-refractivity contribution in [2.24, 2.45) is 0 Å². The van der Waals surface area contributed by atoms with Gasteiger partial charge in [-0.2, -0.15) is 0 Å². The van der Waals surface area contributed by atoms with Crippen LogP contribution < -0.4 is 0 Å². The van der Waals surface area contributed by atoms with E-state index in [9.17, 15) is 4.79 Å². The first-order valence-electron chi connectivity index (χ1n) is 6.68. The van der Waals surface area contributed by atoms with Crippen molar-refractivity contribution in [3.63, 3.8) is 0 Å². The third-order valence-corrected chi connectivity index (χ3v) is 4.13. The summed E-state index contributed by atoms with van der Waals surface area (Å²) in [7, 11) is 0. The van der Waals surface area contributed by atoms with Gasteiger partial charge in [0.15, 0.2) is 5.78 Å². The molecule has 0 N–H and O–H groups in total. The number of fused-ring (bicyclic) bond motifs is 3. The Kier molecular flexibility index (Phi) is 2.43. The molecule has 0 bridgehead atoms. The van der Waals surface area contributed by atoms with Crippen molar-refractivity contribution in [3.8, 4) is 11.1 Å². The Morgan fingerprint density at radius 1 is 0.789 bits per heavy atom. The molecule has 3 rings (SSSR count). The molecule has 2 aromatic carbocycles. The molecule has 0 heterocycles. The lowest BCUT2D eigenvalue weighted by molar-refractivity contribution is 0.0906. The molecule has 0 saturated heterocycles. The largest absolute Gasteiger partial charge is 0.293 e. The zero-order valence-electron chi connectivity index (χ0n) is 11.9. The average Bonchev–Trinajstić information content (AvgIpc) is 2.36. The van der Waals surface area contributed by atoms with E-state index in [0.29, 0.717) is 0 Å². The van der Waals surface area contributed by atoms with Crippen LogP contribution >= 0.6 is 0 Å². The second kappa shape index (κ2) is 3.80. The number of aryl methyl sites for hydroxylation is 2. The van der Waals surface area contributed by atoms with Gasteiger partial charge in [-0.15, -0.1) is 0 Å². The van der Waals surface area contributed by atoms with Gasteiger partial charge < -0.3 is 0 Å². The van der Waals surface area contributed by atoms with Crippen LogP contribution in [-0.4, -0.2) is 5.78 Å². The predicted molar refractivity (Wildman–Crippen MR) is 78.7 cm³/mol. The van der Waals surface area contributed by atoms with Crippen LogP contribution in [0.3, 0.4) is 0 Å². The van der Waals surface area contributed by atoms with E-state index in [4.69, 9.17) is 0 Å². The molecule has 96 valence electrons. The fourth-order valence-electron chi connectivity index (χ4n) is 2.96. The molecule has 0 unspecified atom stereocenters. The fraction of sp³-hybridized carbons (Fsp3) is 0.278.